The molecule has 6 heterocycles. The van der Waals surface area contributed by atoms with Crippen molar-refractivity contribution in [3.8, 4) is 11.4 Å². The highest BCUT2D eigenvalue weighted by atomic mass is 32.1. The maximum absolute atomic E-state index is 13.1. The molecular weight excluding hydrogens is 698 g/mol. The van der Waals surface area contributed by atoms with Gasteiger partial charge in [-0.1, -0.05) is 35.9 Å². The molecule has 0 aliphatic heterocycles. The van der Waals surface area contributed by atoms with Gasteiger partial charge in [-0.15, -0.1) is 22.7 Å². The summed E-state index contributed by atoms with van der Waals surface area (Å²) in [5, 5.41) is 6.89. The minimum absolute atomic E-state index is 0.0521. The molecule has 0 aliphatic rings. The van der Waals surface area contributed by atoms with Crippen LogP contribution in [0.3, 0.4) is 0 Å². The Morgan fingerprint density at radius 2 is 1.18 bits per heavy atom. The summed E-state index contributed by atoms with van der Waals surface area (Å²) in [6.07, 6.45) is -1.20. The predicted molar refractivity (Wildman–Crippen MR) is 199 cm³/mol. The quantitative estimate of drug-likeness (QED) is 0.184. The Morgan fingerprint density at radius 3 is 1.69 bits per heavy atom. The molecule has 0 spiro atoms. The van der Waals surface area contributed by atoms with Gasteiger partial charge in [-0.2, -0.15) is 13.2 Å². The van der Waals surface area contributed by atoms with E-state index in [-0.39, 0.29) is 16.8 Å². The Balaban J connectivity index is 0.000000162. The van der Waals surface area contributed by atoms with Gasteiger partial charge >= 0.3 is 6.18 Å². The van der Waals surface area contributed by atoms with Gasteiger partial charge in [0.15, 0.2) is 0 Å². The number of nitrogens with one attached hydrogen (secondary N) is 2. The van der Waals surface area contributed by atoms with Crippen LogP contribution in [0.5, 0.6) is 0 Å². The molecule has 2 N–H and O–H groups in total. The summed E-state index contributed by atoms with van der Waals surface area (Å²) >= 11 is 2.52. The smallest absolute Gasteiger partial charge is 0.387 e. The Kier molecular flexibility index (Phi) is 8.77. The number of hydrogen-bond donors (Lipinski definition) is 2. The molecule has 0 fully saturated rings. The van der Waals surface area contributed by atoms with Gasteiger partial charge in [0.2, 0.25) is 0 Å². The number of benzene rings is 2. The van der Waals surface area contributed by atoms with E-state index >= 15 is 0 Å². The first-order valence-corrected chi connectivity index (χ1v) is 17.3. The van der Waals surface area contributed by atoms with E-state index in [4.69, 9.17) is 4.98 Å². The molecule has 0 atom stereocenters. The van der Waals surface area contributed by atoms with Crippen LogP contribution in [-0.2, 0) is 0 Å². The van der Waals surface area contributed by atoms with Crippen molar-refractivity contribution in [3.63, 3.8) is 0 Å². The van der Waals surface area contributed by atoms with Crippen LogP contribution in [0, 0.1) is 20.8 Å². The van der Waals surface area contributed by atoms with Gasteiger partial charge in [-0.3, -0.25) is 18.7 Å². The Bertz CT molecular complexity index is 2700. The van der Waals surface area contributed by atoms with Crippen LogP contribution < -0.4 is 21.8 Å². The van der Waals surface area contributed by atoms with E-state index in [0.29, 0.717) is 42.5 Å². The number of aromatic nitrogens is 6. The number of rotatable bonds is 5. The average Bonchev–Trinajstić information content (AvgIpc) is 3.68. The zero-order chi connectivity index (χ0) is 36.0. The molecule has 2 aromatic carbocycles. The number of pyridine rings is 2. The van der Waals surface area contributed by atoms with Crippen molar-refractivity contribution in [1.82, 2.24) is 29.1 Å². The van der Waals surface area contributed by atoms with Crippen molar-refractivity contribution in [2.24, 2.45) is 0 Å². The molecule has 51 heavy (non-hydrogen) atoms. The number of fused-ring (bicyclic) bond motifs is 6. The number of hydrogen-bond acceptors (Lipinski definition) is 10. The summed E-state index contributed by atoms with van der Waals surface area (Å²) in [6, 6.07) is 20.4. The van der Waals surface area contributed by atoms with Crippen LogP contribution in [0.25, 0.3) is 52.2 Å². The third-order valence-electron chi connectivity index (χ3n) is 8.18. The minimum atomic E-state index is -4.36. The fourth-order valence-corrected chi connectivity index (χ4v) is 7.95. The van der Waals surface area contributed by atoms with Crippen LogP contribution in [0.2, 0.25) is 0 Å². The van der Waals surface area contributed by atoms with Crippen molar-refractivity contribution in [1.29, 1.82) is 0 Å². The van der Waals surface area contributed by atoms with Gasteiger partial charge in [0.1, 0.15) is 48.3 Å². The lowest BCUT2D eigenvalue weighted by atomic mass is 10.2. The Labute approximate surface area is 295 Å². The lowest BCUT2D eigenvalue weighted by Gasteiger charge is -2.11. The first-order chi connectivity index (χ1) is 24.4. The van der Waals surface area contributed by atoms with Gasteiger partial charge < -0.3 is 10.6 Å². The molecule has 0 saturated carbocycles. The lowest BCUT2D eigenvalue weighted by Crippen LogP contribution is -2.22. The van der Waals surface area contributed by atoms with E-state index in [1.165, 1.54) is 28.2 Å². The fourth-order valence-electron chi connectivity index (χ4n) is 5.87. The van der Waals surface area contributed by atoms with Crippen molar-refractivity contribution >= 4 is 74.9 Å². The molecule has 0 unspecified atom stereocenters. The summed E-state index contributed by atoms with van der Waals surface area (Å²) in [7, 11) is 1.86. The third kappa shape index (κ3) is 6.30. The predicted octanol–water partition coefficient (Wildman–Crippen LogP) is 7.93. The summed E-state index contributed by atoms with van der Waals surface area (Å²) in [6.45, 7) is 4.33. The number of thiophene rings is 2. The number of halogens is 3. The van der Waals surface area contributed by atoms with Gasteiger partial charge in [0, 0.05) is 30.8 Å². The van der Waals surface area contributed by atoms with Crippen LogP contribution in [-0.4, -0.2) is 48.8 Å². The molecule has 0 amide bonds. The molecule has 0 saturated heterocycles. The molecule has 8 rings (SSSR count). The van der Waals surface area contributed by atoms with E-state index in [9.17, 15) is 22.8 Å². The monoisotopic (exact) mass is 726 g/mol. The molecule has 258 valence electrons. The first-order valence-electron chi connectivity index (χ1n) is 15.7. The van der Waals surface area contributed by atoms with E-state index in [1.807, 2.05) is 81.6 Å². The first kappa shape index (κ1) is 33.8. The van der Waals surface area contributed by atoms with Gasteiger partial charge in [0.05, 0.1) is 22.1 Å². The van der Waals surface area contributed by atoms with E-state index in [1.54, 1.807) is 17.7 Å². The highest BCUT2D eigenvalue weighted by molar-refractivity contribution is 7.25. The molecular formula is C36H29F3N8O2S2. The Morgan fingerprint density at radius 1 is 0.686 bits per heavy atom. The summed E-state index contributed by atoms with van der Waals surface area (Å²) < 4.78 is 42.0. The van der Waals surface area contributed by atoms with Crippen molar-refractivity contribution < 1.29 is 13.2 Å². The minimum Gasteiger partial charge on any atom is -0.387 e. The molecule has 6 aromatic heterocycles. The highest BCUT2D eigenvalue weighted by Crippen LogP contribution is 2.36. The second kappa shape index (κ2) is 13.2. The highest BCUT2D eigenvalue weighted by Gasteiger charge is 2.27. The molecule has 8 aromatic rings. The number of anilines is 2. The standard InChI is InChI=1S/C19H15F3N4OS.C17H14N4OS/c1-10-3-5-12(6-4-10)26-11(2)25-15-14-13(24-9-19(20,21)22)7-8-23-17(14)28-16(15)18(26)27;1-10-20-14-13-12(18-2)8-9-19-16(13)23-15(14)17(22)21(10)11-6-4-3-5-7-11/h3-8H,9H2,1-2H3,(H,23,24);3-9H,1-2H3,(H,18,19). The SMILES string of the molecule is CNc1ccnc2sc3c(=O)n(-c4ccccc4)c(C)nc3c12.Cc1ccc(-n2c(C)nc3c(sc4nccc(NCC(F)(F)F)c43)c2=O)cc1. The van der Waals surface area contributed by atoms with Crippen molar-refractivity contribution in [2.45, 2.75) is 26.9 Å². The molecule has 0 radical (unpaired) electrons. The molecule has 10 nitrogen and oxygen atoms in total. The van der Waals surface area contributed by atoms with Gasteiger partial charge in [-0.25, -0.2) is 19.9 Å². The zero-order valence-electron chi connectivity index (χ0n) is 27.7. The Hall–Kier alpha value is -5.67. The lowest BCUT2D eigenvalue weighted by molar-refractivity contribution is -0.115. The number of para-hydroxylation sites is 1. The van der Waals surface area contributed by atoms with Crippen LogP contribution in [0.1, 0.15) is 17.2 Å². The van der Waals surface area contributed by atoms with Crippen LogP contribution >= 0.6 is 22.7 Å². The van der Waals surface area contributed by atoms with Gasteiger partial charge in [-0.05, 0) is 57.2 Å². The normalized spacial score (nSPS) is 11.7. The maximum Gasteiger partial charge on any atom is 0.405 e. The average molecular weight is 727 g/mol. The van der Waals surface area contributed by atoms with Crippen LogP contribution in [0.4, 0.5) is 24.5 Å². The second-order valence-electron chi connectivity index (χ2n) is 11.6. The van der Waals surface area contributed by atoms with E-state index < -0.39 is 12.7 Å². The summed E-state index contributed by atoms with van der Waals surface area (Å²) in [5.41, 5.74) is 4.53. The van der Waals surface area contributed by atoms with Crippen molar-refractivity contribution in [3.05, 3.63) is 117 Å². The number of nitrogens with zero attached hydrogens (tertiary/aromatic N) is 6. The largest absolute Gasteiger partial charge is 0.405 e. The maximum atomic E-state index is 13.1. The molecule has 0 aliphatic carbocycles. The van der Waals surface area contributed by atoms with Crippen LogP contribution in [0.15, 0.2) is 88.7 Å². The third-order valence-corrected chi connectivity index (χ3v) is 10.3. The number of aryl methyl sites for hydroxylation is 3. The molecule has 0 bridgehead atoms. The van der Waals surface area contributed by atoms with Gasteiger partial charge in [0.25, 0.3) is 11.1 Å². The van der Waals surface area contributed by atoms with E-state index in [2.05, 4.69) is 25.6 Å². The zero-order valence-corrected chi connectivity index (χ0v) is 29.3. The second-order valence-corrected chi connectivity index (χ2v) is 13.6. The molecule has 15 heteroatoms. The summed E-state index contributed by atoms with van der Waals surface area (Å²) in [5.74, 6) is 1.12. The van der Waals surface area contributed by atoms with Crippen molar-refractivity contribution in [2.75, 3.05) is 24.2 Å². The fraction of sp³-hybridized carbons (Fsp3) is 0.167. The summed E-state index contributed by atoms with van der Waals surface area (Å²) in [4.78, 5) is 45.3. The topological polar surface area (TPSA) is 120 Å². The number of alkyl halides is 3. The van der Waals surface area contributed by atoms with E-state index in [0.717, 1.165) is 44.0 Å².